The highest BCUT2D eigenvalue weighted by Gasteiger charge is 2.42. The van der Waals surface area contributed by atoms with E-state index in [9.17, 15) is 0 Å². The monoisotopic (exact) mass is 486 g/mol. The number of nitrogens with one attached hydrogen (secondary N) is 1. The van der Waals surface area contributed by atoms with Crippen LogP contribution in [0.4, 0.5) is 0 Å². The number of benzene rings is 1. The average Bonchev–Trinajstić information content (AvgIpc) is 3.27. The van der Waals surface area contributed by atoms with Crippen molar-refractivity contribution in [3.05, 3.63) is 35.4 Å². The first-order chi connectivity index (χ1) is 12.5. The second-order valence-corrected chi connectivity index (χ2v) is 8.15. The average molecular weight is 486 g/mol. The Bertz CT molecular complexity index is 628. The molecule has 27 heavy (non-hydrogen) atoms. The smallest absolute Gasteiger partial charge is 0.193 e. The van der Waals surface area contributed by atoms with Crippen molar-refractivity contribution in [3.63, 3.8) is 0 Å². The second kappa shape index (κ2) is 10.1. The van der Waals surface area contributed by atoms with Crippen molar-refractivity contribution < 1.29 is 4.74 Å². The molecule has 1 unspecified atom stereocenters. The summed E-state index contributed by atoms with van der Waals surface area (Å²) >= 11 is 0. The van der Waals surface area contributed by atoms with E-state index in [-0.39, 0.29) is 24.0 Å². The maximum absolute atomic E-state index is 5.65. The zero-order chi connectivity index (χ0) is 18.6. The van der Waals surface area contributed by atoms with Gasteiger partial charge in [0.05, 0.1) is 6.61 Å². The van der Waals surface area contributed by atoms with E-state index in [4.69, 9.17) is 4.74 Å². The van der Waals surface area contributed by atoms with E-state index in [0.717, 1.165) is 45.4 Å². The summed E-state index contributed by atoms with van der Waals surface area (Å²) in [5.41, 5.74) is 3.09. The molecule has 2 fully saturated rings. The Labute approximate surface area is 181 Å². The summed E-state index contributed by atoms with van der Waals surface area (Å²) in [6.07, 6.45) is 2.40. The molecule has 0 radical (unpaired) electrons. The number of rotatable bonds is 5. The van der Waals surface area contributed by atoms with Gasteiger partial charge < -0.3 is 15.0 Å². The SMILES string of the molecule is CN=C(NCc1ccccc1CN(C)C(C)C)N1CCC2(CCOC2)C1.I. The number of nitrogens with zero attached hydrogens (tertiary/aromatic N) is 3. The Hall–Kier alpha value is -0.860. The Kier molecular flexibility index (Phi) is 8.37. The van der Waals surface area contributed by atoms with E-state index in [1.54, 1.807) is 0 Å². The van der Waals surface area contributed by atoms with Crippen LogP contribution in [-0.4, -0.2) is 62.2 Å². The first-order valence-corrected chi connectivity index (χ1v) is 9.83. The second-order valence-electron chi connectivity index (χ2n) is 8.15. The summed E-state index contributed by atoms with van der Waals surface area (Å²) < 4.78 is 5.65. The van der Waals surface area contributed by atoms with E-state index >= 15 is 0 Å². The largest absolute Gasteiger partial charge is 0.381 e. The van der Waals surface area contributed by atoms with Crippen LogP contribution < -0.4 is 5.32 Å². The number of halogens is 1. The summed E-state index contributed by atoms with van der Waals surface area (Å²) in [5.74, 6) is 1.01. The van der Waals surface area contributed by atoms with Gasteiger partial charge in [-0.05, 0) is 44.9 Å². The highest BCUT2D eigenvalue weighted by molar-refractivity contribution is 14.0. The van der Waals surface area contributed by atoms with Gasteiger partial charge in [0, 0.05) is 51.3 Å². The molecule has 6 heteroatoms. The maximum Gasteiger partial charge on any atom is 0.193 e. The summed E-state index contributed by atoms with van der Waals surface area (Å²) in [7, 11) is 4.07. The van der Waals surface area contributed by atoms with Gasteiger partial charge in [0.15, 0.2) is 5.96 Å². The molecule has 0 saturated carbocycles. The molecule has 152 valence electrons. The summed E-state index contributed by atoms with van der Waals surface area (Å²) in [5, 5.41) is 3.59. The minimum atomic E-state index is 0. The molecule has 0 amide bonds. The molecular weight excluding hydrogens is 451 g/mol. The van der Waals surface area contributed by atoms with Crippen molar-refractivity contribution in [2.45, 2.75) is 45.8 Å². The Morgan fingerprint density at radius 1 is 1.30 bits per heavy atom. The molecule has 2 aliphatic rings. The van der Waals surface area contributed by atoms with Crippen LogP contribution in [0.25, 0.3) is 0 Å². The van der Waals surface area contributed by atoms with Gasteiger partial charge in [-0.2, -0.15) is 0 Å². The Balaban J connectivity index is 0.00000261. The van der Waals surface area contributed by atoms with Crippen LogP contribution >= 0.6 is 24.0 Å². The molecule has 5 nitrogen and oxygen atoms in total. The minimum Gasteiger partial charge on any atom is -0.381 e. The fourth-order valence-corrected chi connectivity index (χ4v) is 3.93. The lowest BCUT2D eigenvalue weighted by atomic mass is 9.87. The third kappa shape index (κ3) is 5.57. The van der Waals surface area contributed by atoms with Crippen LogP contribution in [-0.2, 0) is 17.8 Å². The summed E-state index contributed by atoms with van der Waals surface area (Å²) in [4.78, 5) is 9.31. The fraction of sp³-hybridized carbons (Fsp3) is 0.667. The number of hydrogen-bond acceptors (Lipinski definition) is 3. The molecule has 2 heterocycles. The molecular formula is C21H35IN4O. The lowest BCUT2D eigenvalue weighted by Crippen LogP contribution is -2.41. The van der Waals surface area contributed by atoms with E-state index in [1.165, 1.54) is 24.0 Å². The molecule has 1 spiro atoms. The number of ether oxygens (including phenoxy) is 1. The van der Waals surface area contributed by atoms with Crippen molar-refractivity contribution >= 4 is 29.9 Å². The van der Waals surface area contributed by atoms with Gasteiger partial charge in [-0.25, -0.2) is 0 Å². The van der Waals surface area contributed by atoms with Crippen molar-refractivity contribution in [2.24, 2.45) is 10.4 Å². The highest BCUT2D eigenvalue weighted by Crippen LogP contribution is 2.38. The zero-order valence-corrected chi connectivity index (χ0v) is 19.5. The predicted octanol–water partition coefficient (Wildman–Crippen LogP) is 3.33. The van der Waals surface area contributed by atoms with Gasteiger partial charge in [0.1, 0.15) is 0 Å². The Morgan fingerprint density at radius 3 is 2.67 bits per heavy atom. The molecule has 0 aromatic heterocycles. The summed E-state index contributed by atoms with van der Waals surface area (Å²) in [6, 6.07) is 9.25. The van der Waals surface area contributed by atoms with Gasteiger partial charge in [0.2, 0.25) is 0 Å². The number of guanidine groups is 1. The van der Waals surface area contributed by atoms with Crippen molar-refractivity contribution in [3.8, 4) is 0 Å². The number of likely N-dealkylation sites (tertiary alicyclic amines) is 1. The molecule has 0 aliphatic carbocycles. The summed E-state index contributed by atoms with van der Waals surface area (Å²) in [6.45, 7) is 10.2. The third-order valence-corrected chi connectivity index (χ3v) is 5.99. The zero-order valence-electron chi connectivity index (χ0n) is 17.2. The van der Waals surface area contributed by atoms with Gasteiger partial charge >= 0.3 is 0 Å². The third-order valence-electron chi connectivity index (χ3n) is 5.99. The lowest BCUT2D eigenvalue weighted by Gasteiger charge is -2.26. The first-order valence-electron chi connectivity index (χ1n) is 9.83. The van der Waals surface area contributed by atoms with Crippen LogP contribution in [0.15, 0.2) is 29.3 Å². The molecule has 1 aromatic carbocycles. The highest BCUT2D eigenvalue weighted by atomic mass is 127. The predicted molar refractivity (Wildman–Crippen MR) is 123 cm³/mol. The van der Waals surface area contributed by atoms with Crippen molar-refractivity contribution in [1.29, 1.82) is 0 Å². The topological polar surface area (TPSA) is 40.1 Å². The molecule has 1 aromatic rings. The van der Waals surface area contributed by atoms with Gasteiger partial charge in [-0.1, -0.05) is 24.3 Å². The molecule has 1 atom stereocenters. The molecule has 2 saturated heterocycles. The molecule has 2 aliphatic heterocycles. The molecule has 1 N–H and O–H groups in total. The quantitative estimate of drug-likeness (QED) is 0.394. The van der Waals surface area contributed by atoms with E-state index in [1.807, 2.05) is 7.05 Å². The lowest BCUT2D eigenvalue weighted by molar-refractivity contribution is 0.156. The van der Waals surface area contributed by atoms with Gasteiger partial charge in [-0.3, -0.25) is 9.89 Å². The number of hydrogen-bond donors (Lipinski definition) is 1. The Morgan fingerprint density at radius 2 is 2.04 bits per heavy atom. The van der Waals surface area contributed by atoms with Crippen LogP contribution in [0.5, 0.6) is 0 Å². The first kappa shape index (κ1) is 22.4. The van der Waals surface area contributed by atoms with Crippen LogP contribution in [0, 0.1) is 5.41 Å². The van der Waals surface area contributed by atoms with Crippen LogP contribution in [0.3, 0.4) is 0 Å². The van der Waals surface area contributed by atoms with Crippen molar-refractivity contribution in [1.82, 2.24) is 15.1 Å². The van der Waals surface area contributed by atoms with Crippen molar-refractivity contribution in [2.75, 3.05) is 40.4 Å². The van der Waals surface area contributed by atoms with E-state index < -0.39 is 0 Å². The van der Waals surface area contributed by atoms with Gasteiger partial charge in [-0.15, -0.1) is 24.0 Å². The number of aliphatic imine (C=N–C) groups is 1. The fourth-order valence-electron chi connectivity index (χ4n) is 3.93. The molecule has 3 rings (SSSR count). The minimum absolute atomic E-state index is 0. The van der Waals surface area contributed by atoms with Crippen LogP contribution in [0.2, 0.25) is 0 Å². The van der Waals surface area contributed by atoms with Gasteiger partial charge in [0.25, 0.3) is 0 Å². The van der Waals surface area contributed by atoms with Crippen LogP contribution in [0.1, 0.15) is 37.8 Å². The normalized spacial score (nSPS) is 22.7. The standard InChI is InChI=1S/C21H34N4O.HI/c1-17(2)24(4)14-19-8-6-5-7-18(19)13-23-20(22-3)25-11-9-21(15-25)10-12-26-16-21;/h5-8,17H,9-16H2,1-4H3,(H,22,23);1H. The maximum atomic E-state index is 5.65. The van der Waals surface area contributed by atoms with E-state index in [0.29, 0.717) is 11.5 Å². The van der Waals surface area contributed by atoms with E-state index in [2.05, 4.69) is 65.3 Å². The molecule has 0 bridgehead atoms.